The van der Waals surface area contributed by atoms with Crippen LogP contribution < -0.4 is 4.72 Å². The smallest absolute Gasteiger partial charge is 0.254 e. The molecule has 0 spiro atoms. The van der Waals surface area contributed by atoms with Crippen molar-refractivity contribution in [1.82, 2.24) is 14.6 Å². The van der Waals surface area contributed by atoms with E-state index in [2.05, 4.69) is 9.71 Å². The van der Waals surface area contributed by atoms with Crippen LogP contribution in [0.2, 0.25) is 0 Å². The number of carbonyl (C=O) groups excluding carboxylic acids is 1. The van der Waals surface area contributed by atoms with Crippen molar-refractivity contribution in [3.05, 3.63) is 58.1 Å². The minimum atomic E-state index is -3.64. The van der Waals surface area contributed by atoms with E-state index < -0.39 is 10.0 Å². The number of hydrogen-bond acceptors (Lipinski definition) is 5. The molecule has 3 aromatic rings. The molecular weight excluding hydrogens is 382 g/mol. The number of carbonyl (C=O) groups is 1. The molecule has 0 aliphatic carbocycles. The van der Waals surface area contributed by atoms with E-state index in [0.29, 0.717) is 17.7 Å². The van der Waals surface area contributed by atoms with E-state index in [1.165, 1.54) is 13.1 Å². The van der Waals surface area contributed by atoms with Gasteiger partial charge in [-0.1, -0.05) is 12.1 Å². The van der Waals surface area contributed by atoms with Crippen molar-refractivity contribution in [2.45, 2.75) is 25.3 Å². The van der Waals surface area contributed by atoms with Gasteiger partial charge in [0, 0.05) is 12.6 Å². The summed E-state index contributed by atoms with van der Waals surface area (Å²) in [6.07, 6.45) is 0. The van der Waals surface area contributed by atoms with Gasteiger partial charge in [-0.25, -0.2) is 18.1 Å². The first kappa shape index (κ1) is 19.5. The van der Waals surface area contributed by atoms with Gasteiger partial charge in [-0.2, -0.15) is 0 Å². The number of amides is 1. The molecule has 0 saturated heterocycles. The third kappa shape index (κ3) is 3.87. The van der Waals surface area contributed by atoms with Gasteiger partial charge in [0.2, 0.25) is 10.0 Å². The van der Waals surface area contributed by atoms with Crippen LogP contribution in [0.1, 0.15) is 26.5 Å². The first-order valence-corrected chi connectivity index (χ1v) is 10.7. The Bertz CT molecular complexity index is 1090. The minimum Gasteiger partial charge on any atom is -0.335 e. The lowest BCUT2D eigenvalue weighted by atomic mass is 10.1. The Hall–Kier alpha value is -2.29. The monoisotopic (exact) mass is 403 g/mol. The summed E-state index contributed by atoms with van der Waals surface area (Å²) in [7, 11) is -0.591. The maximum Gasteiger partial charge on any atom is 0.254 e. The third-order valence-corrected chi connectivity index (χ3v) is 7.04. The highest BCUT2D eigenvalue weighted by Gasteiger charge is 2.21. The van der Waals surface area contributed by atoms with Gasteiger partial charge in [-0.3, -0.25) is 4.79 Å². The molecule has 0 unspecified atom stereocenters. The fourth-order valence-electron chi connectivity index (χ4n) is 2.82. The van der Waals surface area contributed by atoms with Gasteiger partial charge in [0.1, 0.15) is 5.01 Å². The minimum absolute atomic E-state index is 0.127. The van der Waals surface area contributed by atoms with Crippen LogP contribution in [-0.2, 0) is 16.6 Å². The average Bonchev–Trinajstić information content (AvgIpc) is 3.05. The predicted octanol–water partition coefficient (Wildman–Crippen LogP) is 3.09. The number of aryl methyl sites for hydroxylation is 1. The van der Waals surface area contributed by atoms with Crippen molar-refractivity contribution in [2.24, 2.45) is 0 Å². The molecule has 0 aliphatic heterocycles. The fraction of sp³-hybridized carbons (Fsp3) is 0.263. The quantitative estimate of drug-likeness (QED) is 0.710. The topological polar surface area (TPSA) is 79.4 Å². The largest absolute Gasteiger partial charge is 0.335 e. The van der Waals surface area contributed by atoms with Gasteiger partial charge in [0.15, 0.2) is 0 Å². The van der Waals surface area contributed by atoms with E-state index in [9.17, 15) is 13.2 Å². The Labute approximate surface area is 162 Å². The Morgan fingerprint density at radius 2 is 1.93 bits per heavy atom. The Balaban J connectivity index is 1.90. The van der Waals surface area contributed by atoms with Crippen LogP contribution in [-0.4, -0.2) is 38.3 Å². The summed E-state index contributed by atoms with van der Waals surface area (Å²) in [5.41, 5.74) is 2.64. The molecule has 0 saturated carbocycles. The summed E-state index contributed by atoms with van der Waals surface area (Å²) in [5, 5.41) is 0.832. The predicted molar refractivity (Wildman–Crippen MR) is 108 cm³/mol. The van der Waals surface area contributed by atoms with Crippen molar-refractivity contribution < 1.29 is 13.2 Å². The fourth-order valence-corrected chi connectivity index (χ4v) is 4.91. The van der Waals surface area contributed by atoms with Crippen LogP contribution >= 0.6 is 11.3 Å². The highest BCUT2D eigenvalue weighted by atomic mass is 32.2. The molecule has 0 bridgehead atoms. The van der Waals surface area contributed by atoms with Gasteiger partial charge < -0.3 is 4.90 Å². The number of nitrogens with zero attached hydrogens (tertiary/aromatic N) is 2. The molecular formula is C19H21N3O3S2. The summed E-state index contributed by atoms with van der Waals surface area (Å²) in [6, 6.07) is 11.0. The Morgan fingerprint density at radius 1 is 1.22 bits per heavy atom. The second-order valence-corrected chi connectivity index (χ2v) is 9.33. The lowest BCUT2D eigenvalue weighted by Crippen LogP contribution is -2.27. The highest BCUT2D eigenvalue weighted by molar-refractivity contribution is 7.89. The lowest BCUT2D eigenvalue weighted by molar-refractivity contribution is 0.0784. The van der Waals surface area contributed by atoms with Crippen LogP contribution in [0.25, 0.3) is 10.2 Å². The summed E-state index contributed by atoms with van der Waals surface area (Å²) in [5.74, 6) is -0.245. The normalized spacial score (nSPS) is 11.7. The number of para-hydroxylation sites is 1. The molecule has 0 fully saturated rings. The number of thiazole rings is 1. The van der Waals surface area contributed by atoms with Crippen LogP contribution in [0.15, 0.2) is 41.3 Å². The SMILES string of the molecule is CNS(=O)(=O)c1cc(C(=O)N(C)Cc2nc3ccccc3s2)cc(C)c1C. The number of nitrogens with one attached hydrogen (secondary N) is 1. The maximum absolute atomic E-state index is 12.9. The summed E-state index contributed by atoms with van der Waals surface area (Å²) in [4.78, 5) is 19.1. The van der Waals surface area contributed by atoms with E-state index >= 15 is 0 Å². The van der Waals surface area contributed by atoms with Gasteiger partial charge in [0.05, 0.1) is 21.7 Å². The van der Waals surface area contributed by atoms with Crippen LogP contribution in [0.4, 0.5) is 0 Å². The van der Waals surface area contributed by atoms with Crippen molar-refractivity contribution in [2.75, 3.05) is 14.1 Å². The Morgan fingerprint density at radius 3 is 2.59 bits per heavy atom. The van der Waals surface area contributed by atoms with E-state index in [-0.39, 0.29) is 10.8 Å². The standard InChI is InChI=1S/C19H21N3O3S2/c1-12-9-14(10-17(13(12)2)27(24,25)20-3)19(23)22(4)11-18-21-15-7-5-6-8-16(15)26-18/h5-10,20H,11H2,1-4H3. The number of benzene rings is 2. The summed E-state index contributed by atoms with van der Waals surface area (Å²) in [6.45, 7) is 3.90. The molecule has 1 N–H and O–H groups in total. The zero-order valence-corrected chi connectivity index (χ0v) is 17.2. The Kier molecular flexibility index (Phi) is 5.32. The molecule has 0 radical (unpaired) electrons. The molecule has 3 rings (SSSR count). The first-order valence-electron chi connectivity index (χ1n) is 8.37. The molecule has 1 amide bonds. The molecule has 27 heavy (non-hydrogen) atoms. The van der Waals surface area contributed by atoms with Crippen LogP contribution in [0.3, 0.4) is 0 Å². The van der Waals surface area contributed by atoms with E-state index in [1.807, 2.05) is 24.3 Å². The molecule has 0 atom stereocenters. The molecule has 142 valence electrons. The van der Waals surface area contributed by atoms with Gasteiger partial charge in [0.25, 0.3) is 5.91 Å². The maximum atomic E-state index is 12.9. The van der Waals surface area contributed by atoms with E-state index in [0.717, 1.165) is 20.8 Å². The van der Waals surface area contributed by atoms with E-state index in [4.69, 9.17) is 0 Å². The van der Waals surface area contributed by atoms with Crippen molar-refractivity contribution >= 4 is 37.5 Å². The number of rotatable bonds is 5. The molecule has 8 heteroatoms. The van der Waals surface area contributed by atoms with Gasteiger partial charge in [-0.15, -0.1) is 11.3 Å². The average molecular weight is 404 g/mol. The highest BCUT2D eigenvalue weighted by Crippen LogP contribution is 2.24. The van der Waals surface area contributed by atoms with Gasteiger partial charge in [-0.05, 0) is 56.3 Å². The number of hydrogen-bond donors (Lipinski definition) is 1. The van der Waals surface area contributed by atoms with E-state index in [1.54, 1.807) is 43.2 Å². The molecule has 1 aromatic heterocycles. The van der Waals surface area contributed by atoms with Gasteiger partial charge >= 0.3 is 0 Å². The molecule has 1 heterocycles. The number of sulfonamides is 1. The first-order chi connectivity index (χ1) is 12.7. The second-order valence-electron chi connectivity index (χ2n) is 6.36. The molecule has 2 aromatic carbocycles. The zero-order chi connectivity index (χ0) is 19.8. The van der Waals surface area contributed by atoms with Crippen LogP contribution in [0.5, 0.6) is 0 Å². The third-order valence-electron chi connectivity index (χ3n) is 4.48. The molecule has 6 nitrogen and oxygen atoms in total. The molecule has 0 aliphatic rings. The van der Waals surface area contributed by atoms with Crippen molar-refractivity contribution in [3.8, 4) is 0 Å². The summed E-state index contributed by atoms with van der Waals surface area (Å²) >= 11 is 1.54. The van der Waals surface area contributed by atoms with Crippen molar-refractivity contribution in [1.29, 1.82) is 0 Å². The summed E-state index contributed by atoms with van der Waals surface area (Å²) < 4.78 is 27.9. The second kappa shape index (κ2) is 7.38. The zero-order valence-electron chi connectivity index (χ0n) is 15.6. The van der Waals surface area contributed by atoms with Crippen molar-refractivity contribution in [3.63, 3.8) is 0 Å². The number of aromatic nitrogens is 1. The lowest BCUT2D eigenvalue weighted by Gasteiger charge is -2.18. The number of fused-ring (bicyclic) bond motifs is 1. The van der Waals surface area contributed by atoms with Crippen LogP contribution in [0, 0.1) is 13.8 Å².